The average Bonchev–Trinajstić information content (AvgIpc) is 3.09. The van der Waals surface area contributed by atoms with E-state index in [9.17, 15) is 4.79 Å². The zero-order valence-corrected chi connectivity index (χ0v) is 13.8. The van der Waals surface area contributed by atoms with Crippen LogP contribution in [0.1, 0.15) is 36.4 Å². The largest absolute Gasteiger partial charge is 0.458 e. The molecule has 0 N–H and O–H groups in total. The second-order valence-electron chi connectivity index (χ2n) is 6.31. The Morgan fingerprint density at radius 2 is 2.12 bits per heavy atom. The average molecular weight is 344 g/mol. The number of carbonyl (C=O) groups excluding carboxylic acids is 1. The maximum atomic E-state index is 12.5. The molecule has 3 atom stereocenters. The fourth-order valence-corrected chi connectivity index (χ4v) is 4.45. The first-order valence-corrected chi connectivity index (χ1v) is 9.06. The van der Waals surface area contributed by atoms with Crippen molar-refractivity contribution in [2.45, 2.75) is 32.8 Å². The van der Waals surface area contributed by atoms with Crippen molar-refractivity contribution in [2.75, 3.05) is 19.6 Å². The van der Waals surface area contributed by atoms with Gasteiger partial charge in [-0.15, -0.1) is 11.3 Å². The highest BCUT2D eigenvalue weighted by molar-refractivity contribution is 7.17. The third kappa shape index (κ3) is 3.52. The molecule has 5 heteroatoms. The molecule has 2 aliphatic heterocycles. The standard InChI is InChI=1S/C18H20N2O2S.CH4/c21-18(22-15-8-11-20-10-3-4-13(15)12-20)17-7-6-16(23-17)14-5-1-2-9-19-14;/h1-2,5-7,9,13,15H,3-4,8,10-12H2;1H4. The van der Waals surface area contributed by atoms with Gasteiger partial charge >= 0.3 is 5.97 Å². The SMILES string of the molecule is C.O=C(OC1CCN2CCCC1C2)c1ccc(-c2ccccn2)s1. The molecule has 2 aromatic rings. The predicted molar refractivity (Wildman–Crippen MR) is 97.3 cm³/mol. The van der Waals surface area contributed by atoms with Crippen LogP contribution in [0, 0.1) is 5.92 Å². The van der Waals surface area contributed by atoms with Crippen molar-refractivity contribution in [1.82, 2.24) is 9.88 Å². The molecule has 0 amide bonds. The van der Waals surface area contributed by atoms with E-state index in [1.165, 1.54) is 30.7 Å². The summed E-state index contributed by atoms with van der Waals surface area (Å²) in [5.41, 5.74) is 0.900. The molecule has 2 aromatic heterocycles. The van der Waals surface area contributed by atoms with Gasteiger partial charge in [-0.05, 0) is 50.1 Å². The van der Waals surface area contributed by atoms with E-state index in [0.29, 0.717) is 10.8 Å². The Balaban J connectivity index is 0.00000169. The number of pyridine rings is 1. The molecule has 24 heavy (non-hydrogen) atoms. The number of esters is 1. The van der Waals surface area contributed by atoms with Crippen molar-refractivity contribution < 1.29 is 9.53 Å². The van der Waals surface area contributed by atoms with E-state index in [-0.39, 0.29) is 19.5 Å². The fourth-order valence-electron chi connectivity index (χ4n) is 3.59. The number of carbonyl (C=O) groups is 1. The summed E-state index contributed by atoms with van der Waals surface area (Å²) in [6, 6.07) is 9.61. The molecule has 0 saturated carbocycles. The first-order valence-electron chi connectivity index (χ1n) is 8.24. The maximum absolute atomic E-state index is 12.5. The predicted octanol–water partition coefficient (Wildman–Crippen LogP) is 4.09. The number of fused-ring (bicyclic) bond motifs is 2. The first kappa shape index (κ1) is 17.1. The van der Waals surface area contributed by atoms with E-state index in [0.717, 1.165) is 30.1 Å². The van der Waals surface area contributed by atoms with Gasteiger partial charge in [-0.25, -0.2) is 4.79 Å². The van der Waals surface area contributed by atoms with Crippen molar-refractivity contribution in [3.63, 3.8) is 0 Å². The lowest BCUT2D eigenvalue weighted by atomic mass is 9.87. The van der Waals surface area contributed by atoms with Crippen molar-refractivity contribution in [1.29, 1.82) is 0 Å². The van der Waals surface area contributed by atoms with Gasteiger partial charge in [0.1, 0.15) is 11.0 Å². The van der Waals surface area contributed by atoms with Gasteiger partial charge in [0.2, 0.25) is 0 Å². The number of nitrogens with zero attached hydrogens (tertiary/aromatic N) is 2. The molecular formula is C19H24N2O2S. The summed E-state index contributed by atoms with van der Waals surface area (Å²) in [5.74, 6) is 0.331. The van der Waals surface area contributed by atoms with Gasteiger partial charge < -0.3 is 9.64 Å². The second-order valence-corrected chi connectivity index (χ2v) is 7.40. The van der Waals surface area contributed by atoms with Crippen LogP contribution in [0.25, 0.3) is 10.6 Å². The second kappa shape index (κ2) is 7.45. The highest BCUT2D eigenvalue weighted by atomic mass is 32.1. The van der Waals surface area contributed by atoms with Crippen LogP contribution >= 0.6 is 11.3 Å². The van der Waals surface area contributed by atoms with Crippen LogP contribution in [-0.4, -0.2) is 41.6 Å². The summed E-state index contributed by atoms with van der Waals surface area (Å²) in [4.78, 5) is 21.0. The van der Waals surface area contributed by atoms with Crippen LogP contribution in [0.2, 0.25) is 0 Å². The Hall–Kier alpha value is -1.72. The van der Waals surface area contributed by atoms with Crippen LogP contribution in [0.5, 0.6) is 0 Å². The first-order chi connectivity index (χ1) is 11.3. The number of aromatic nitrogens is 1. The zero-order valence-electron chi connectivity index (χ0n) is 13.0. The molecule has 2 aliphatic rings. The molecule has 3 unspecified atom stereocenters. The lowest BCUT2D eigenvalue weighted by Crippen LogP contribution is -2.48. The molecule has 0 radical (unpaired) electrons. The molecule has 2 saturated heterocycles. The molecule has 0 aromatic carbocycles. The van der Waals surface area contributed by atoms with Gasteiger partial charge in [-0.2, -0.15) is 0 Å². The van der Waals surface area contributed by atoms with Gasteiger partial charge in [0.05, 0.1) is 10.6 Å². The third-order valence-electron chi connectivity index (χ3n) is 4.78. The Morgan fingerprint density at radius 3 is 2.96 bits per heavy atom. The van der Waals surface area contributed by atoms with Crippen molar-refractivity contribution in [3.05, 3.63) is 41.4 Å². The number of piperidine rings is 2. The van der Waals surface area contributed by atoms with Crippen LogP contribution in [0.4, 0.5) is 0 Å². The lowest BCUT2D eigenvalue weighted by molar-refractivity contribution is -0.0289. The minimum absolute atomic E-state index is 0. The summed E-state index contributed by atoms with van der Waals surface area (Å²) in [6.07, 6.45) is 5.22. The Bertz CT molecular complexity index is 686. The number of thiophene rings is 1. The minimum Gasteiger partial charge on any atom is -0.458 e. The topological polar surface area (TPSA) is 42.4 Å². The number of rotatable bonds is 3. The summed E-state index contributed by atoms with van der Waals surface area (Å²) in [6.45, 7) is 3.34. The van der Waals surface area contributed by atoms with Gasteiger partial charge in [0.15, 0.2) is 0 Å². The monoisotopic (exact) mass is 344 g/mol. The van der Waals surface area contributed by atoms with Crippen LogP contribution in [-0.2, 0) is 4.74 Å². The normalized spacial score (nSPS) is 25.6. The van der Waals surface area contributed by atoms with E-state index < -0.39 is 0 Å². The van der Waals surface area contributed by atoms with Crippen molar-refractivity contribution in [2.24, 2.45) is 5.92 Å². The van der Waals surface area contributed by atoms with Crippen LogP contribution < -0.4 is 0 Å². The molecular weight excluding hydrogens is 320 g/mol. The lowest BCUT2D eigenvalue weighted by Gasteiger charge is -2.41. The Kier molecular flexibility index (Phi) is 5.31. The van der Waals surface area contributed by atoms with Gasteiger partial charge in [-0.1, -0.05) is 13.5 Å². The van der Waals surface area contributed by atoms with Gasteiger partial charge in [-0.3, -0.25) is 4.98 Å². The van der Waals surface area contributed by atoms with Crippen molar-refractivity contribution in [3.8, 4) is 10.6 Å². The number of hydrogen-bond donors (Lipinski definition) is 0. The summed E-state index contributed by atoms with van der Waals surface area (Å²) in [5, 5.41) is 0. The molecule has 128 valence electrons. The van der Waals surface area contributed by atoms with E-state index >= 15 is 0 Å². The molecule has 4 rings (SSSR count). The van der Waals surface area contributed by atoms with Crippen LogP contribution in [0.15, 0.2) is 36.5 Å². The molecule has 0 aliphatic carbocycles. The van der Waals surface area contributed by atoms with E-state index in [2.05, 4.69) is 9.88 Å². The molecule has 0 spiro atoms. The quantitative estimate of drug-likeness (QED) is 0.787. The van der Waals surface area contributed by atoms with Gasteiger partial charge in [0, 0.05) is 25.2 Å². The highest BCUT2D eigenvalue weighted by Gasteiger charge is 2.34. The summed E-state index contributed by atoms with van der Waals surface area (Å²) >= 11 is 1.46. The zero-order chi connectivity index (χ0) is 15.6. The third-order valence-corrected chi connectivity index (χ3v) is 5.87. The smallest absolute Gasteiger partial charge is 0.348 e. The highest BCUT2D eigenvalue weighted by Crippen LogP contribution is 2.31. The number of hydrogen-bond acceptors (Lipinski definition) is 5. The molecule has 4 nitrogen and oxygen atoms in total. The molecule has 4 heterocycles. The van der Waals surface area contributed by atoms with E-state index in [1.54, 1.807) is 6.20 Å². The van der Waals surface area contributed by atoms with E-state index in [4.69, 9.17) is 4.74 Å². The minimum atomic E-state index is -0.179. The van der Waals surface area contributed by atoms with Crippen LogP contribution in [0.3, 0.4) is 0 Å². The molecule has 2 bridgehead atoms. The summed E-state index contributed by atoms with van der Waals surface area (Å²) in [7, 11) is 0. The fraction of sp³-hybridized carbons (Fsp3) is 0.474. The molecule has 2 fully saturated rings. The summed E-state index contributed by atoms with van der Waals surface area (Å²) < 4.78 is 5.84. The van der Waals surface area contributed by atoms with E-state index in [1.807, 2.05) is 30.3 Å². The maximum Gasteiger partial charge on any atom is 0.348 e. The van der Waals surface area contributed by atoms with Crippen molar-refractivity contribution >= 4 is 17.3 Å². The Labute approximate surface area is 147 Å². The van der Waals surface area contributed by atoms with Gasteiger partial charge in [0.25, 0.3) is 0 Å². The number of ether oxygens (including phenoxy) is 1. The Morgan fingerprint density at radius 1 is 1.21 bits per heavy atom.